The summed E-state index contributed by atoms with van der Waals surface area (Å²) in [6.07, 6.45) is -0.710. The van der Waals surface area contributed by atoms with Crippen molar-refractivity contribution < 1.29 is 18.7 Å². The van der Waals surface area contributed by atoms with Gasteiger partial charge in [-0.1, -0.05) is 35.5 Å². The van der Waals surface area contributed by atoms with Crippen LogP contribution in [-0.4, -0.2) is 42.4 Å². The molecule has 1 aliphatic heterocycles. The Morgan fingerprint density at radius 1 is 1.18 bits per heavy atom. The highest BCUT2D eigenvalue weighted by Crippen LogP contribution is 2.21. The number of carbonyl (C=O) groups is 2. The smallest absolute Gasteiger partial charge is 0.410 e. The summed E-state index contributed by atoms with van der Waals surface area (Å²) < 4.78 is 18.3. The van der Waals surface area contributed by atoms with E-state index in [2.05, 4.69) is 10.6 Å². The first-order valence-corrected chi connectivity index (χ1v) is 10.0. The van der Waals surface area contributed by atoms with Crippen molar-refractivity contribution in [2.45, 2.75) is 5.75 Å². The van der Waals surface area contributed by atoms with Crippen LogP contribution in [0.4, 0.5) is 19.7 Å². The second-order valence-corrected chi connectivity index (χ2v) is 7.41. The lowest BCUT2D eigenvalue weighted by molar-refractivity contribution is 0.214. The van der Waals surface area contributed by atoms with Crippen LogP contribution in [0.1, 0.15) is 5.56 Å². The van der Waals surface area contributed by atoms with Gasteiger partial charge < -0.3 is 15.0 Å². The van der Waals surface area contributed by atoms with E-state index >= 15 is 0 Å². The lowest BCUT2D eigenvalue weighted by Crippen LogP contribution is -2.45. The molecule has 0 spiro atoms. The number of halogens is 2. The molecule has 0 radical (unpaired) electrons. The second kappa shape index (κ2) is 9.77. The van der Waals surface area contributed by atoms with Crippen molar-refractivity contribution in [2.75, 3.05) is 31.5 Å². The molecule has 0 bridgehead atoms. The molecule has 0 saturated carbocycles. The number of hydrogen-bond donors (Lipinski definition) is 2. The molecule has 0 atom stereocenters. The van der Waals surface area contributed by atoms with Gasteiger partial charge in [0.2, 0.25) is 0 Å². The van der Waals surface area contributed by atoms with Crippen molar-refractivity contribution in [1.29, 1.82) is 0 Å². The predicted octanol–water partition coefficient (Wildman–Crippen LogP) is 4.35. The van der Waals surface area contributed by atoms with Crippen LogP contribution in [0, 0.1) is 5.82 Å². The Balaban J connectivity index is 1.47. The zero-order valence-corrected chi connectivity index (χ0v) is 16.5. The largest absolute Gasteiger partial charge is 0.417 e. The Bertz CT molecular complexity index is 845. The van der Waals surface area contributed by atoms with Gasteiger partial charge >= 0.3 is 6.09 Å². The Labute approximate surface area is 171 Å². The second-order valence-electron chi connectivity index (χ2n) is 6.08. The predicted molar refractivity (Wildman–Crippen MR) is 109 cm³/mol. The van der Waals surface area contributed by atoms with Gasteiger partial charge in [-0.05, 0) is 35.9 Å². The number of nitrogens with zero attached hydrogens (tertiary/aromatic N) is 1. The zero-order chi connectivity index (χ0) is 19.9. The van der Waals surface area contributed by atoms with Crippen molar-refractivity contribution in [3.05, 3.63) is 58.9 Å². The van der Waals surface area contributed by atoms with E-state index in [1.165, 1.54) is 23.9 Å². The number of nitrogens with one attached hydrogen (secondary N) is 2. The van der Waals surface area contributed by atoms with E-state index < -0.39 is 11.9 Å². The van der Waals surface area contributed by atoms with Crippen LogP contribution in [0.25, 0.3) is 0 Å². The number of anilines is 1. The minimum Gasteiger partial charge on any atom is -0.410 e. The molecule has 0 aliphatic carbocycles. The van der Waals surface area contributed by atoms with Crippen LogP contribution in [0.5, 0.6) is 5.75 Å². The van der Waals surface area contributed by atoms with E-state index in [0.717, 1.165) is 37.8 Å². The van der Waals surface area contributed by atoms with Crippen LogP contribution >= 0.6 is 23.4 Å². The molecule has 2 aromatic rings. The third-order valence-corrected chi connectivity index (χ3v) is 5.31. The first-order chi connectivity index (χ1) is 13.5. The standard InChI is InChI=1S/C19H19ClFN3O3S/c20-16-11-14(3-6-17(16)21)23-18(25)27-15-4-1-13(2-5-15)12-28-19(26)24-9-7-22-8-10-24/h1-6,11,22H,7-10,12H2,(H,23,25). The van der Waals surface area contributed by atoms with Crippen LogP contribution in [-0.2, 0) is 5.75 Å². The average Bonchev–Trinajstić information content (AvgIpc) is 2.70. The molecule has 0 aromatic heterocycles. The van der Waals surface area contributed by atoms with Crippen molar-refractivity contribution in [1.82, 2.24) is 10.2 Å². The van der Waals surface area contributed by atoms with Crippen molar-refractivity contribution in [3.63, 3.8) is 0 Å². The van der Waals surface area contributed by atoms with E-state index in [-0.39, 0.29) is 10.3 Å². The van der Waals surface area contributed by atoms with Gasteiger partial charge in [0.15, 0.2) is 0 Å². The summed E-state index contributed by atoms with van der Waals surface area (Å²) in [4.78, 5) is 25.9. The van der Waals surface area contributed by atoms with Crippen molar-refractivity contribution in [2.24, 2.45) is 0 Å². The normalized spacial score (nSPS) is 13.9. The van der Waals surface area contributed by atoms with Gasteiger partial charge in [0.1, 0.15) is 11.6 Å². The minimum atomic E-state index is -0.710. The Kier molecular flexibility index (Phi) is 7.13. The van der Waals surface area contributed by atoms with E-state index in [1.807, 2.05) is 4.90 Å². The summed E-state index contributed by atoms with van der Waals surface area (Å²) in [6.45, 7) is 3.11. The number of thioether (sulfide) groups is 1. The molecule has 6 nitrogen and oxygen atoms in total. The minimum absolute atomic E-state index is 0.0687. The topological polar surface area (TPSA) is 70.7 Å². The number of hydrogen-bond acceptors (Lipinski definition) is 5. The van der Waals surface area contributed by atoms with Gasteiger partial charge in [0.25, 0.3) is 5.24 Å². The summed E-state index contributed by atoms with van der Waals surface area (Å²) in [5.74, 6) is 0.334. The Morgan fingerprint density at radius 3 is 2.57 bits per heavy atom. The van der Waals surface area contributed by atoms with Crippen molar-refractivity contribution in [3.8, 4) is 5.75 Å². The highest BCUT2D eigenvalue weighted by molar-refractivity contribution is 8.12. The third-order valence-electron chi connectivity index (χ3n) is 4.04. The van der Waals surface area contributed by atoms with Crippen LogP contribution < -0.4 is 15.4 Å². The monoisotopic (exact) mass is 423 g/mol. The molecular weight excluding hydrogens is 405 g/mol. The first-order valence-electron chi connectivity index (χ1n) is 8.66. The molecule has 1 heterocycles. The van der Waals surface area contributed by atoms with Gasteiger partial charge in [-0.2, -0.15) is 0 Å². The van der Waals surface area contributed by atoms with E-state index in [4.69, 9.17) is 16.3 Å². The summed E-state index contributed by atoms with van der Waals surface area (Å²) in [5.41, 5.74) is 1.28. The highest BCUT2D eigenvalue weighted by Gasteiger charge is 2.16. The SMILES string of the molecule is O=C(Nc1ccc(F)c(Cl)c1)Oc1ccc(CSC(=O)N2CCNCC2)cc1. The number of rotatable bonds is 4. The molecule has 1 fully saturated rings. The molecule has 9 heteroatoms. The fourth-order valence-electron chi connectivity index (χ4n) is 2.56. The summed E-state index contributed by atoms with van der Waals surface area (Å²) >= 11 is 6.93. The summed E-state index contributed by atoms with van der Waals surface area (Å²) in [5, 5.41) is 5.67. The van der Waals surface area contributed by atoms with E-state index in [9.17, 15) is 14.0 Å². The van der Waals surface area contributed by atoms with E-state index in [0.29, 0.717) is 17.2 Å². The molecule has 3 rings (SSSR count). The molecule has 2 amide bonds. The van der Waals surface area contributed by atoms with Gasteiger partial charge in [-0.15, -0.1) is 0 Å². The van der Waals surface area contributed by atoms with Crippen LogP contribution in [0.2, 0.25) is 5.02 Å². The van der Waals surface area contributed by atoms with Gasteiger partial charge in [-0.25, -0.2) is 9.18 Å². The summed E-state index contributed by atoms with van der Waals surface area (Å²) in [6, 6.07) is 10.8. The Morgan fingerprint density at radius 2 is 1.89 bits per heavy atom. The molecule has 2 aromatic carbocycles. The lowest BCUT2D eigenvalue weighted by atomic mass is 10.2. The number of carbonyl (C=O) groups excluding carboxylic acids is 2. The molecule has 1 saturated heterocycles. The lowest BCUT2D eigenvalue weighted by Gasteiger charge is -2.26. The molecule has 148 valence electrons. The maximum atomic E-state index is 13.1. The molecule has 1 aliphatic rings. The number of benzene rings is 2. The van der Waals surface area contributed by atoms with Gasteiger partial charge in [0.05, 0.1) is 5.02 Å². The number of amides is 2. The maximum Gasteiger partial charge on any atom is 0.417 e. The highest BCUT2D eigenvalue weighted by atomic mass is 35.5. The number of ether oxygens (including phenoxy) is 1. The van der Waals surface area contributed by atoms with Crippen LogP contribution in [0.3, 0.4) is 0 Å². The van der Waals surface area contributed by atoms with Gasteiger partial charge in [0, 0.05) is 37.6 Å². The third kappa shape index (κ3) is 5.85. The quantitative estimate of drug-likeness (QED) is 0.765. The fraction of sp³-hybridized carbons (Fsp3) is 0.263. The fourth-order valence-corrected chi connectivity index (χ4v) is 3.59. The average molecular weight is 424 g/mol. The maximum absolute atomic E-state index is 13.1. The zero-order valence-electron chi connectivity index (χ0n) is 14.9. The van der Waals surface area contributed by atoms with E-state index in [1.54, 1.807) is 24.3 Å². The molecule has 2 N–H and O–H groups in total. The summed E-state index contributed by atoms with van der Waals surface area (Å²) in [7, 11) is 0. The first kappa shape index (κ1) is 20.4. The molecule has 28 heavy (non-hydrogen) atoms. The van der Waals surface area contributed by atoms with Crippen LogP contribution in [0.15, 0.2) is 42.5 Å². The molecular formula is C19H19ClFN3O3S. The van der Waals surface area contributed by atoms with Gasteiger partial charge in [-0.3, -0.25) is 10.1 Å². The Hall–Kier alpha value is -2.29. The molecule has 0 unspecified atom stereocenters. The number of piperazine rings is 1. The van der Waals surface area contributed by atoms with Crippen molar-refractivity contribution >= 4 is 40.4 Å².